The summed E-state index contributed by atoms with van der Waals surface area (Å²) in [5, 5.41) is 1.14. The summed E-state index contributed by atoms with van der Waals surface area (Å²) in [4.78, 5) is 23.2. The van der Waals surface area contributed by atoms with Gasteiger partial charge in [-0.25, -0.2) is 4.98 Å². The van der Waals surface area contributed by atoms with Crippen LogP contribution in [-0.4, -0.2) is 33.7 Å². The lowest BCUT2D eigenvalue weighted by atomic mass is 9.98. The van der Waals surface area contributed by atoms with Crippen LogP contribution in [0.2, 0.25) is 0 Å². The van der Waals surface area contributed by atoms with Crippen LogP contribution in [0.25, 0.3) is 10.1 Å². The number of imidazole rings is 1. The molecule has 0 aliphatic carbocycles. The van der Waals surface area contributed by atoms with Crippen LogP contribution in [0.15, 0.2) is 36.7 Å². The van der Waals surface area contributed by atoms with E-state index in [-0.39, 0.29) is 11.8 Å². The molecule has 0 saturated carbocycles. The fourth-order valence-corrected chi connectivity index (χ4v) is 3.97. The van der Waals surface area contributed by atoms with E-state index in [4.69, 9.17) is 0 Å². The number of aromatic nitrogens is 2. The zero-order valence-electron chi connectivity index (χ0n) is 11.7. The van der Waals surface area contributed by atoms with Gasteiger partial charge in [0.2, 0.25) is 0 Å². The molecule has 1 aliphatic heterocycles. The first-order valence-corrected chi connectivity index (χ1v) is 7.78. The maximum Gasteiger partial charge on any atom is 0.190 e. The number of nitrogens with one attached hydrogen (secondary N) is 1. The Morgan fingerprint density at radius 3 is 3.14 bits per heavy atom. The molecule has 4 nitrogen and oxygen atoms in total. The normalized spacial score (nSPS) is 18.8. The summed E-state index contributed by atoms with van der Waals surface area (Å²) in [7, 11) is 1.99. The van der Waals surface area contributed by atoms with Gasteiger partial charge in [-0.3, -0.25) is 9.69 Å². The predicted molar refractivity (Wildman–Crippen MR) is 83.7 cm³/mol. The van der Waals surface area contributed by atoms with Crippen LogP contribution in [0.5, 0.6) is 0 Å². The summed E-state index contributed by atoms with van der Waals surface area (Å²) in [5.74, 6) is 0.207. The first kappa shape index (κ1) is 12.7. The molecule has 0 spiro atoms. The van der Waals surface area contributed by atoms with Gasteiger partial charge in [-0.05, 0) is 24.6 Å². The molecule has 3 aromatic rings. The first-order chi connectivity index (χ1) is 10.2. The number of fused-ring (bicyclic) bond motifs is 2. The van der Waals surface area contributed by atoms with E-state index in [1.54, 1.807) is 17.7 Å². The van der Waals surface area contributed by atoms with Crippen molar-refractivity contribution in [1.29, 1.82) is 0 Å². The number of aromatic amines is 1. The van der Waals surface area contributed by atoms with Crippen molar-refractivity contribution >= 4 is 27.2 Å². The second-order valence-corrected chi connectivity index (χ2v) is 6.56. The Labute approximate surface area is 126 Å². The fraction of sp³-hybridized carbons (Fsp3) is 0.250. The van der Waals surface area contributed by atoms with Crippen molar-refractivity contribution in [3.8, 4) is 0 Å². The highest BCUT2D eigenvalue weighted by Crippen LogP contribution is 2.29. The van der Waals surface area contributed by atoms with Crippen LogP contribution >= 0.6 is 11.3 Å². The lowest BCUT2D eigenvalue weighted by molar-refractivity contribution is 0.0830. The van der Waals surface area contributed by atoms with Crippen molar-refractivity contribution < 1.29 is 4.79 Å². The Bertz CT molecular complexity index is 787. The molecule has 1 aliphatic rings. The van der Waals surface area contributed by atoms with E-state index in [2.05, 4.69) is 27.0 Å². The number of benzene rings is 1. The number of Topliss-reactive ketones (excluding diaryl/α,β-unsaturated/α-hetero) is 1. The monoisotopic (exact) mass is 297 g/mol. The van der Waals surface area contributed by atoms with Gasteiger partial charge in [0.1, 0.15) is 0 Å². The third-order valence-corrected chi connectivity index (χ3v) is 5.24. The number of ketones is 1. The standard InChI is InChI=1S/C16H15N3OS/c1-19-8-12-11(17-9-18-12)7-13(19)16(20)15-6-10-4-2-3-5-14(10)21-15/h2-6,9,13H,7-8H2,1H3,(H,17,18). The molecule has 4 rings (SSSR count). The van der Waals surface area contributed by atoms with Crippen LogP contribution < -0.4 is 0 Å². The molecule has 1 unspecified atom stereocenters. The highest BCUT2D eigenvalue weighted by Gasteiger charge is 2.31. The molecular weight excluding hydrogens is 282 g/mol. The molecular formula is C16H15N3OS. The SMILES string of the molecule is CN1Cc2nc[nH]c2CC1C(=O)c1cc2ccccc2s1. The molecule has 106 valence electrons. The van der Waals surface area contributed by atoms with Gasteiger partial charge < -0.3 is 4.98 Å². The average Bonchev–Trinajstić information content (AvgIpc) is 3.11. The largest absolute Gasteiger partial charge is 0.348 e. The Morgan fingerprint density at radius 1 is 1.43 bits per heavy atom. The summed E-state index contributed by atoms with van der Waals surface area (Å²) >= 11 is 1.58. The van der Waals surface area contributed by atoms with Gasteiger partial charge in [0.05, 0.1) is 22.9 Å². The lowest BCUT2D eigenvalue weighted by Crippen LogP contribution is -2.43. The molecule has 2 aromatic heterocycles. The average molecular weight is 297 g/mol. The summed E-state index contributed by atoms with van der Waals surface area (Å²) < 4.78 is 1.17. The minimum absolute atomic E-state index is 0.106. The van der Waals surface area contributed by atoms with E-state index >= 15 is 0 Å². The fourth-order valence-electron chi connectivity index (χ4n) is 2.92. The molecule has 0 radical (unpaired) electrons. The van der Waals surface area contributed by atoms with Crippen LogP contribution in [0, 0.1) is 0 Å². The Balaban J connectivity index is 1.68. The van der Waals surface area contributed by atoms with Crippen molar-refractivity contribution in [3.63, 3.8) is 0 Å². The first-order valence-electron chi connectivity index (χ1n) is 6.96. The summed E-state index contributed by atoms with van der Waals surface area (Å²) in [6.45, 7) is 0.722. The van der Waals surface area contributed by atoms with E-state index < -0.39 is 0 Å². The number of rotatable bonds is 2. The van der Waals surface area contributed by atoms with Gasteiger partial charge in [0.25, 0.3) is 0 Å². The van der Waals surface area contributed by atoms with Gasteiger partial charge in [-0.1, -0.05) is 18.2 Å². The van der Waals surface area contributed by atoms with Gasteiger partial charge in [0, 0.05) is 23.4 Å². The molecule has 1 N–H and O–H groups in total. The van der Waals surface area contributed by atoms with Gasteiger partial charge in [-0.15, -0.1) is 11.3 Å². The van der Waals surface area contributed by atoms with Crippen molar-refractivity contribution in [1.82, 2.24) is 14.9 Å². The number of carbonyl (C=O) groups is 1. The van der Waals surface area contributed by atoms with Crippen LogP contribution in [0.1, 0.15) is 21.1 Å². The van der Waals surface area contributed by atoms with Crippen molar-refractivity contribution in [2.45, 2.75) is 19.0 Å². The number of thiophene rings is 1. The Morgan fingerprint density at radius 2 is 2.29 bits per heavy atom. The zero-order valence-corrected chi connectivity index (χ0v) is 12.5. The molecule has 21 heavy (non-hydrogen) atoms. The summed E-state index contributed by atoms with van der Waals surface area (Å²) in [6, 6.07) is 10.0. The predicted octanol–water partition coefficient (Wildman–Crippen LogP) is 2.86. The molecule has 1 atom stereocenters. The molecule has 5 heteroatoms. The number of hydrogen-bond acceptors (Lipinski definition) is 4. The number of H-pyrrole nitrogens is 1. The second-order valence-electron chi connectivity index (χ2n) is 5.48. The van der Waals surface area contributed by atoms with E-state index in [1.807, 2.05) is 25.2 Å². The number of likely N-dealkylation sites (N-methyl/N-ethyl adjacent to an activating group) is 1. The van der Waals surface area contributed by atoms with Crippen LogP contribution in [0.3, 0.4) is 0 Å². The Kier molecular flexibility index (Phi) is 2.90. The smallest absolute Gasteiger partial charge is 0.190 e. The third kappa shape index (κ3) is 2.09. The molecule has 0 fully saturated rings. The van der Waals surface area contributed by atoms with E-state index in [1.165, 1.54) is 4.70 Å². The van der Waals surface area contributed by atoms with Crippen LogP contribution in [0.4, 0.5) is 0 Å². The number of nitrogens with zero attached hydrogens (tertiary/aromatic N) is 2. The molecule has 1 aromatic carbocycles. The van der Waals surface area contributed by atoms with Crippen LogP contribution in [-0.2, 0) is 13.0 Å². The van der Waals surface area contributed by atoms with Crippen molar-refractivity contribution in [2.75, 3.05) is 7.05 Å². The Hall–Kier alpha value is -1.98. The maximum atomic E-state index is 12.8. The van der Waals surface area contributed by atoms with Gasteiger partial charge >= 0.3 is 0 Å². The van der Waals surface area contributed by atoms with E-state index in [0.29, 0.717) is 6.42 Å². The van der Waals surface area contributed by atoms with E-state index in [9.17, 15) is 4.79 Å². The topological polar surface area (TPSA) is 49.0 Å². The highest BCUT2D eigenvalue weighted by atomic mass is 32.1. The molecule has 3 heterocycles. The maximum absolute atomic E-state index is 12.8. The van der Waals surface area contributed by atoms with Gasteiger partial charge in [-0.2, -0.15) is 0 Å². The number of hydrogen-bond donors (Lipinski definition) is 1. The molecule has 0 amide bonds. The third-order valence-electron chi connectivity index (χ3n) is 4.11. The zero-order chi connectivity index (χ0) is 14.4. The molecule has 0 saturated heterocycles. The van der Waals surface area contributed by atoms with Gasteiger partial charge in [0.15, 0.2) is 5.78 Å². The highest BCUT2D eigenvalue weighted by molar-refractivity contribution is 7.20. The van der Waals surface area contributed by atoms with Crippen molar-refractivity contribution in [2.24, 2.45) is 0 Å². The molecule has 0 bridgehead atoms. The quantitative estimate of drug-likeness (QED) is 0.740. The lowest BCUT2D eigenvalue weighted by Gasteiger charge is -2.30. The summed E-state index contributed by atoms with van der Waals surface area (Å²) in [6.07, 6.45) is 2.42. The van der Waals surface area contributed by atoms with E-state index in [0.717, 1.165) is 28.2 Å². The summed E-state index contributed by atoms with van der Waals surface area (Å²) in [5.41, 5.74) is 2.14. The minimum atomic E-state index is -0.106. The second kappa shape index (κ2) is 4.79. The van der Waals surface area contributed by atoms with Crippen molar-refractivity contribution in [3.05, 3.63) is 52.9 Å². The minimum Gasteiger partial charge on any atom is -0.348 e. The number of carbonyl (C=O) groups excluding carboxylic acids is 1.